The Labute approximate surface area is 199 Å². The van der Waals surface area contributed by atoms with Crippen LogP contribution in [0, 0.1) is 0 Å². The summed E-state index contributed by atoms with van der Waals surface area (Å²) in [6, 6.07) is 8.76. The molecule has 170 valence electrons. The molecule has 1 aromatic rings. The van der Waals surface area contributed by atoms with E-state index in [1.54, 1.807) is 0 Å². The Morgan fingerprint density at radius 2 is 1.97 bits per heavy atom. The van der Waals surface area contributed by atoms with Crippen molar-refractivity contribution in [2.45, 2.75) is 57.4 Å². The third kappa shape index (κ3) is 8.32. The fourth-order valence-corrected chi connectivity index (χ4v) is 4.13. The summed E-state index contributed by atoms with van der Waals surface area (Å²) in [5.74, 6) is 0.983. The summed E-state index contributed by atoms with van der Waals surface area (Å²) in [5, 5.41) is 3.54. The van der Waals surface area contributed by atoms with E-state index in [0.29, 0.717) is 12.2 Å². The summed E-state index contributed by atoms with van der Waals surface area (Å²) in [7, 11) is 6.07. The highest BCUT2D eigenvalue weighted by molar-refractivity contribution is 14.0. The van der Waals surface area contributed by atoms with Crippen LogP contribution in [-0.4, -0.2) is 75.4 Å². The van der Waals surface area contributed by atoms with Crippen molar-refractivity contribution in [1.29, 1.82) is 0 Å². The lowest BCUT2D eigenvalue weighted by molar-refractivity contribution is -0.0721. The maximum atomic E-state index is 6.14. The molecule has 1 N–H and O–H groups in total. The van der Waals surface area contributed by atoms with Gasteiger partial charge in [0, 0.05) is 39.8 Å². The molecule has 7 heteroatoms. The van der Waals surface area contributed by atoms with Crippen LogP contribution in [0.4, 0.5) is 0 Å². The van der Waals surface area contributed by atoms with Crippen LogP contribution in [0.15, 0.2) is 29.3 Å². The minimum absolute atomic E-state index is 0. The van der Waals surface area contributed by atoms with Gasteiger partial charge in [-0.1, -0.05) is 24.3 Å². The van der Waals surface area contributed by atoms with E-state index in [4.69, 9.17) is 9.47 Å². The van der Waals surface area contributed by atoms with Gasteiger partial charge in [0.25, 0.3) is 0 Å². The first-order valence-electron chi connectivity index (χ1n) is 11.1. The number of nitrogens with one attached hydrogen (secondary N) is 1. The Morgan fingerprint density at radius 3 is 2.63 bits per heavy atom. The predicted octanol–water partition coefficient (Wildman–Crippen LogP) is 3.49. The van der Waals surface area contributed by atoms with Crippen LogP contribution < -0.4 is 5.32 Å². The Balaban J connectivity index is 0.00000320. The summed E-state index contributed by atoms with van der Waals surface area (Å²) in [6.07, 6.45) is 6.35. The highest BCUT2D eigenvalue weighted by Gasteiger charge is 2.23. The molecule has 1 unspecified atom stereocenters. The molecule has 0 radical (unpaired) electrons. The number of likely N-dealkylation sites (tertiary alicyclic amines) is 1. The van der Waals surface area contributed by atoms with Crippen molar-refractivity contribution in [3.63, 3.8) is 0 Å². The fourth-order valence-electron chi connectivity index (χ4n) is 4.13. The minimum Gasteiger partial charge on any atom is -0.376 e. The molecule has 2 fully saturated rings. The van der Waals surface area contributed by atoms with E-state index in [1.807, 2.05) is 7.05 Å². The van der Waals surface area contributed by atoms with Gasteiger partial charge in [0.2, 0.25) is 0 Å². The van der Waals surface area contributed by atoms with E-state index in [1.165, 1.54) is 24.0 Å². The highest BCUT2D eigenvalue weighted by atomic mass is 127. The Hall–Kier alpha value is -0.900. The number of nitrogens with zero attached hydrogens (tertiary/aromatic N) is 3. The van der Waals surface area contributed by atoms with Gasteiger partial charge >= 0.3 is 0 Å². The van der Waals surface area contributed by atoms with Gasteiger partial charge in [-0.05, 0) is 57.3 Å². The number of benzene rings is 1. The number of guanidine groups is 1. The predicted molar refractivity (Wildman–Crippen MR) is 134 cm³/mol. The second-order valence-corrected chi connectivity index (χ2v) is 8.47. The summed E-state index contributed by atoms with van der Waals surface area (Å²) in [4.78, 5) is 9.04. The van der Waals surface area contributed by atoms with Crippen molar-refractivity contribution < 1.29 is 9.47 Å². The molecule has 2 heterocycles. The number of piperidine rings is 1. The minimum atomic E-state index is 0. The molecule has 0 spiro atoms. The van der Waals surface area contributed by atoms with Crippen molar-refractivity contribution in [2.75, 3.05) is 47.4 Å². The van der Waals surface area contributed by atoms with E-state index in [-0.39, 0.29) is 24.0 Å². The van der Waals surface area contributed by atoms with Crippen LogP contribution in [0.1, 0.15) is 43.2 Å². The van der Waals surface area contributed by atoms with E-state index in [2.05, 4.69) is 58.5 Å². The lowest BCUT2D eigenvalue weighted by atomic mass is 10.1. The average Bonchev–Trinajstić information content (AvgIpc) is 2.74. The topological polar surface area (TPSA) is 49.3 Å². The first-order chi connectivity index (χ1) is 14.1. The Kier molecular flexibility index (Phi) is 11.4. The standard InChI is InChI=1S/C23H38N4O2.HI/c1-24-23(25-16-19-7-6-8-20(15-19)17-26(2)3)27-12-10-21(11-13-27)29-18-22-9-4-5-14-28-22;/h6-8,15,21-22H,4-5,9-14,16-18H2,1-3H3,(H,24,25);1H. The molecule has 0 saturated carbocycles. The first-order valence-corrected chi connectivity index (χ1v) is 11.1. The van der Waals surface area contributed by atoms with Crippen LogP contribution in [0.2, 0.25) is 0 Å². The summed E-state index contributed by atoms with van der Waals surface area (Å²) in [6.45, 7) is 5.37. The highest BCUT2D eigenvalue weighted by Crippen LogP contribution is 2.18. The van der Waals surface area contributed by atoms with E-state index < -0.39 is 0 Å². The quantitative estimate of drug-likeness (QED) is 0.333. The number of hydrogen-bond donors (Lipinski definition) is 1. The number of halogens is 1. The molecular weight excluding hydrogens is 491 g/mol. The molecule has 2 aliphatic rings. The fraction of sp³-hybridized carbons (Fsp3) is 0.696. The molecule has 0 amide bonds. The van der Waals surface area contributed by atoms with Crippen molar-refractivity contribution in [3.05, 3.63) is 35.4 Å². The molecule has 0 aromatic heterocycles. The maximum absolute atomic E-state index is 6.14. The molecule has 6 nitrogen and oxygen atoms in total. The number of rotatable bonds is 7. The van der Waals surface area contributed by atoms with Gasteiger partial charge < -0.3 is 24.6 Å². The van der Waals surface area contributed by atoms with Gasteiger partial charge in [-0.25, -0.2) is 0 Å². The molecule has 2 saturated heterocycles. The summed E-state index contributed by atoms with van der Waals surface area (Å²) in [5.41, 5.74) is 2.63. The van der Waals surface area contributed by atoms with E-state index in [9.17, 15) is 0 Å². The molecule has 3 rings (SSSR count). The lowest BCUT2D eigenvalue weighted by Gasteiger charge is -2.35. The third-order valence-corrected chi connectivity index (χ3v) is 5.69. The van der Waals surface area contributed by atoms with Gasteiger partial charge in [0.15, 0.2) is 5.96 Å². The van der Waals surface area contributed by atoms with Crippen LogP contribution in [0.5, 0.6) is 0 Å². The van der Waals surface area contributed by atoms with Crippen LogP contribution >= 0.6 is 24.0 Å². The molecule has 0 bridgehead atoms. The van der Waals surface area contributed by atoms with Crippen molar-refractivity contribution in [3.8, 4) is 0 Å². The molecule has 30 heavy (non-hydrogen) atoms. The maximum Gasteiger partial charge on any atom is 0.193 e. The van der Waals surface area contributed by atoms with Crippen LogP contribution in [0.3, 0.4) is 0 Å². The van der Waals surface area contributed by atoms with Gasteiger partial charge in [0.1, 0.15) is 0 Å². The monoisotopic (exact) mass is 530 g/mol. The lowest BCUT2D eigenvalue weighted by Crippen LogP contribution is -2.47. The van der Waals surface area contributed by atoms with Crippen molar-refractivity contribution in [2.24, 2.45) is 4.99 Å². The van der Waals surface area contributed by atoms with Gasteiger partial charge in [-0.3, -0.25) is 4.99 Å². The second-order valence-electron chi connectivity index (χ2n) is 8.47. The second kappa shape index (κ2) is 13.5. The normalized spacial score (nSPS) is 20.9. The van der Waals surface area contributed by atoms with E-state index in [0.717, 1.165) is 64.6 Å². The molecule has 1 atom stereocenters. The molecular formula is C23H39IN4O2. The largest absolute Gasteiger partial charge is 0.376 e. The van der Waals surface area contributed by atoms with Gasteiger partial charge in [0.05, 0.1) is 18.8 Å². The third-order valence-electron chi connectivity index (χ3n) is 5.69. The van der Waals surface area contributed by atoms with Crippen LogP contribution in [-0.2, 0) is 22.6 Å². The zero-order valence-electron chi connectivity index (χ0n) is 18.8. The first kappa shape index (κ1) is 25.4. The van der Waals surface area contributed by atoms with E-state index >= 15 is 0 Å². The number of hydrogen-bond acceptors (Lipinski definition) is 4. The van der Waals surface area contributed by atoms with Crippen LogP contribution in [0.25, 0.3) is 0 Å². The smallest absolute Gasteiger partial charge is 0.193 e. The molecule has 0 aliphatic carbocycles. The Morgan fingerprint density at radius 1 is 1.20 bits per heavy atom. The van der Waals surface area contributed by atoms with Gasteiger partial charge in [-0.2, -0.15) is 0 Å². The zero-order chi connectivity index (χ0) is 20.5. The van der Waals surface area contributed by atoms with Crippen molar-refractivity contribution >= 4 is 29.9 Å². The molecule has 1 aromatic carbocycles. The average molecular weight is 530 g/mol. The number of aliphatic imine (C=N–C) groups is 1. The summed E-state index contributed by atoms with van der Waals surface area (Å²) < 4.78 is 11.9. The zero-order valence-corrected chi connectivity index (χ0v) is 21.1. The number of ether oxygens (including phenoxy) is 2. The molecule has 2 aliphatic heterocycles. The SMILES string of the molecule is CN=C(NCc1cccc(CN(C)C)c1)N1CCC(OCC2CCCCO2)CC1.I. The van der Waals surface area contributed by atoms with Gasteiger partial charge in [-0.15, -0.1) is 24.0 Å². The summed E-state index contributed by atoms with van der Waals surface area (Å²) >= 11 is 0. The Bertz CT molecular complexity index is 642. The van der Waals surface area contributed by atoms with Crippen molar-refractivity contribution in [1.82, 2.24) is 15.1 Å².